The summed E-state index contributed by atoms with van der Waals surface area (Å²) in [6.07, 6.45) is -0.741. The second kappa shape index (κ2) is 7.00. The fourth-order valence-electron chi connectivity index (χ4n) is 1.13. The van der Waals surface area contributed by atoms with Crippen LogP contribution in [0, 0.1) is 0 Å². The van der Waals surface area contributed by atoms with Crippen molar-refractivity contribution in [3.63, 3.8) is 0 Å². The van der Waals surface area contributed by atoms with Gasteiger partial charge >= 0.3 is 12.1 Å². The topological polar surface area (TPSA) is 88.7 Å². The number of hydrogen-bond donors (Lipinski definition) is 3. The molecule has 0 saturated heterocycles. The van der Waals surface area contributed by atoms with Gasteiger partial charge in [-0.1, -0.05) is 12.1 Å². The summed E-state index contributed by atoms with van der Waals surface area (Å²) in [6, 6.07) is 6.71. The summed E-state index contributed by atoms with van der Waals surface area (Å²) in [4.78, 5) is 21.9. The standard InChI is InChI=1S/C11H15N3O4/c1-17-9-5-3-8(4-6-9)7-12-10(15)13-14-11(16)18-2/h3-6H,7H2,1-2H3,(H,14,16)(H2,12,13,15). The molecular weight excluding hydrogens is 238 g/mol. The smallest absolute Gasteiger partial charge is 0.425 e. The van der Waals surface area contributed by atoms with Crippen LogP contribution in [0.25, 0.3) is 0 Å². The van der Waals surface area contributed by atoms with Crippen LogP contribution in [0.15, 0.2) is 24.3 Å². The first kappa shape index (κ1) is 13.6. The quantitative estimate of drug-likeness (QED) is 0.694. The number of carbonyl (C=O) groups excluding carboxylic acids is 2. The van der Waals surface area contributed by atoms with Gasteiger partial charge in [-0.15, -0.1) is 0 Å². The van der Waals surface area contributed by atoms with E-state index in [2.05, 4.69) is 15.5 Å². The zero-order valence-electron chi connectivity index (χ0n) is 10.1. The lowest BCUT2D eigenvalue weighted by Crippen LogP contribution is -2.46. The normalized spacial score (nSPS) is 9.22. The highest BCUT2D eigenvalue weighted by Gasteiger charge is 2.02. The van der Waals surface area contributed by atoms with Gasteiger partial charge in [-0.25, -0.2) is 20.4 Å². The van der Waals surface area contributed by atoms with Gasteiger partial charge in [-0.2, -0.15) is 0 Å². The molecule has 0 fully saturated rings. The van der Waals surface area contributed by atoms with E-state index >= 15 is 0 Å². The van der Waals surface area contributed by atoms with Crippen LogP contribution in [-0.2, 0) is 11.3 Å². The zero-order valence-corrected chi connectivity index (χ0v) is 10.1. The molecular formula is C11H15N3O4. The van der Waals surface area contributed by atoms with Crippen molar-refractivity contribution in [3.05, 3.63) is 29.8 Å². The Kier molecular flexibility index (Phi) is 5.30. The molecule has 0 aliphatic carbocycles. The second-order valence-electron chi connectivity index (χ2n) is 3.27. The van der Waals surface area contributed by atoms with Crippen molar-refractivity contribution in [3.8, 4) is 5.75 Å². The number of rotatable bonds is 3. The van der Waals surface area contributed by atoms with E-state index in [1.54, 1.807) is 19.2 Å². The van der Waals surface area contributed by atoms with E-state index in [0.717, 1.165) is 11.3 Å². The Morgan fingerprint density at radius 1 is 1.11 bits per heavy atom. The minimum atomic E-state index is -0.741. The van der Waals surface area contributed by atoms with Crippen molar-refractivity contribution >= 4 is 12.1 Å². The summed E-state index contributed by atoms with van der Waals surface area (Å²) >= 11 is 0. The van der Waals surface area contributed by atoms with Gasteiger partial charge in [0, 0.05) is 6.54 Å². The number of ether oxygens (including phenoxy) is 2. The van der Waals surface area contributed by atoms with Crippen molar-refractivity contribution in [2.45, 2.75) is 6.54 Å². The summed E-state index contributed by atoms with van der Waals surface area (Å²) in [5.74, 6) is 0.746. The van der Waals surface area contributed by atoms with Crippen LogP contribution in [0.2, 0.25) is 0 Å². The number of nitrogens with one attached hydrogen (secondary N) is 3. The first-order valence-corrected chi connectivity index (χ1v) is 5.16. The molecule has 0 aliphatic heterocycles. The van der Waals surface area contributed by atoms with Gasteiger partial charge in [0.05, 0.1) is 14.2 Å². The van der Waals surface area contributed by atoms with Crippen molar-refractivity contribution < 1.29 is 19.1 Å². The number of methoxy groups -OCH3 is 2. The molecule has 3 N–H and O–H groups in total. The van der Waals surface area contributed by atoms with Gasteiger partial charge in [0.15, 0.2) is 0 Å². The Bertz CT molecular complexity index is 405. The molecule has 0 unspecified atom stereocenters. The molecule has 0 saturated carbocycles. The largest absolute Gasteiger partial charge is 0.497 e. The molecule has 0 heterocycles. The average molecular weight is 253 g/mol. The summed E-state index contributed by atoms with van der Waals surface area (Å²) in [6.45, 7) is 0.332. The maximum Gasteiger partial charge on any atom is 0.425 e. The third-order valence-corrected chi connectivity index (χ3v) is 2.08. The molecule has 0 aliphatic rings. The molecule has 3 amide bonds. The first-order valence-electron chi connectivity index (χ1n) is 5.16. The zero-order chi connectivity index (χ0) is 13.4. The minimum absolute atomic E-state index is 0.332. The number of hydrogen-bond acceptors (Lipinski definition) is 4. The van der Waals surface area contributed by atoms with Gasteiger partial charge < -0.3 is 14.8 Å². The van der Waals surface area contributed by atoms with Crippen LogP contribution in [0.3, 0.4) is 0 Å². The monoisotopic (exact) mass is 253 g/mol. The second-order valence-corrected chi connectivity index (χ2v) is 3.27. The van der Waals surface area contributed by atoms with Crippen LogP contribution in [0.1, 0.15) is 5.56 Å². The molecule has 7 nitrogen and oxygen atoms in total. The molecule has 0 aromatic heterocycles. The van der Waals surface area contributed by atoms with Gasteiger partial charge in [-0.05, 0) is 17.7 Å². The van der Waals surface area contributed by atoms with E-state index < -0.39 is 12.1 Å². The molecule has 98 valence electrons. The number of urea groups is 1. The van der Waals surface area contributed by atoms with Crippen LogP contribution in [0.4, 0.5) is 9.59 Å². The Morgan fingerprint density at radius 2 is 1.78 bits per heavy atom. The maximum atomic E-state index is 11.2. The van der Waals surface area contributed by atoms with Crippen molar-refractivity contribution in [1.82, 2.24) is 16.2 Å². The lowest BCUT2D eigenvalue weighted by Gasteiger charge is -2.08. The van der Waals surface area contributed by atoms with E-state index in [9.17, 15) is 9.59 Å². The summed E-state index contributed by atoms with van der Waals surface area (Å²) in [5.41, 5.74) is 5.08. The SMILES string of the molecule is COC(=O)NNC(=O)NCc1ccc(OC)cc1. The molecule has 1 rings (SSSR count). The highest BCUT2D eigenvalue weighted by atomic mass is 16.5. The van der Waals surface area contributed by atoms with Gasteiger partial charge in [0.2, 0.25) is 0 Å². The van der Waals surface area contributed by atoms with Crippen LogP contribution >= 0.6 is 0 Å². The Morgan fingerprint density at radius 3 is 2.33 bits per heavy atom. The molecule has 1 aromatic carbocycles. The van der Waals surface area contributed by atoms with Gasteiger partial charge in [-0.3, -0.25) is 0 Å². The third-order valence-electron chi connectivity index (χ3n) is 2.08. The fraction of sp³-hybridized carbons (Fsp3) is 0.273. The van der Waals surface area contributed by atoms with Crippen molar-refractivity contribution in [2.75, 3.05) is 14.2 Å². The summed E-state index contributed by atoms with van der Waals surface area (Å²) < 4.78 is 9.29. The third kappa shape index (κ3) is 4.60. The number of carbonyl (C=O) groups is 2. The molecule has 0 bridgehead atoms. The maximum absolute atomic E-state index is 11.2. The molecule has 0 radical (unpaired) electrons. The lowest BCUT2D eigenvalue weighted by atomic mass is 10.2. The Hall–Kier alpha value is -2.44. The minimum Gasteiger partial charge on any atom is -0.497 e. The van der Waals surface area contributed by atoms with Crippen LogP contribution in [0.5, 0.6) is 5.75 Å². The van der Waals surface area contributed by atoms with Crippen LogP contribution < -0.4 is 20.9 Å². The predicted octanol–water partition coefficient (Wildman–Crippen LogP) is 0.765. The number of benzene rings is 1. The van der Waals surface area contributed by atoms with E-state index in [4.69, 9.17) is 4.74 Å². The average Bonchev–Trinajstić information content (AvgIpc) is 2.42. The summed E-state index contributed by atoms with van der Waals surface area (Å²) in [5, 5.41) is 2.55. The van der Waals surface area contributed by atoms with E-state index in [0.29, 0.717) is 6.54 Å². The van der Waals surface area contributed by atoms with Gasteiger partial charge in [0.1, 0.15) is 5.75 Å². The molecule has 0 spiro atoms. The van der Waals surface area contributed by atoms with E-state index in [1.807, 2.05) is 17.6 Å². The van der Waals surface area contributed by atoms with E-state index in [-0.39, 0.29) is 0 Å². The molecule has 7 heteroatoms. The highest BCUT2D eigenvalue weighted by molar-refractivity contribution is 5.77. The number of amides is 3. The first-order chi connectivity index (χ1) is 8.65. The lowest BCUT2D eigenvalue weighted by molar-refractivity contribution is 0.165. The predicted molar refractivity (Wildman–Crippen MR) is 63.9 cm³/mol. The van der Waals surface area contributed by atoms with Crippen molar-refractivity contribution in [2.24, 2.45) is 0 Å². The molecule has 0 atom stereocenters. The Balaban J connectivity index is 2.31. The molecule has 1 aromatic rings. The van der Waals surface area contributed by atoms with Crippen LogP contribution in [-0.4, -0.2) is 26.3 Å². The fourth-order valence-corrected chi connectivity index (χ4v) is 1.13. The van der Waals surface area contributed by atoms with E-state index in [1.165, 1.54) is 7.11 Å². The van der Waals surface area contributed by atoms with Gasteiger partial charge in [0.25, 0.3) is 0 Å². The number of hydrazine groups is 1. The Labute approximate surface area is 104 Å². The van der Waals surface area contributed by atoms with Crippen molar-refractivity contribution in [1.29, 1.82) is 0 Å². The summed E-state index contributed by atoms with van der Waals surface area (Å²) in [7, 11) is 2.78. The molecule has 18 heavy (non-hydrogen) atoms. The highest BCUT2D eigenvalue weighted by Crippen LogP contribution is 2.10.